The van der Waals surface area contributed by atoms with Gasteiger partial charge in [0, 0.05) is 24.9 Å². The molecular formula is C17H28N2O4S. The van der Waals surface area contributed by atoms with Gasteiger partial charge in [0.2, 0.25) is 0 Å². The van der Waals surface area contributed by atoms with E-state index in [1.165, 1.54) is 11.3 Å². The molecule has 0 saturated heterocycles. The Labute approximate surface area is 148 Å². The zero-order valence-corrected chi connectivity index (χ0v) is 16.1. The lowest BCUT2D eigenvalue weighted by Gasteiger charge is -2.27. The van der Waals surface area contributed by atoms with Crippen molar-refractivity contribution in [3.8, 4) is 0 Å². The van der Waals surface area contributed by atoms with Gasteiger partial charge in [0.25, 0.3) is 0 Å². The van der Waals surface area contributed by atoms with Gasteiger partial charge in [-0.15, -0.1) is 11.3 Å². The average Bonchev–Trinajstić information content (AvgIpc) is 2.93. The molecule has 0 spiro atoms. The Morgan fingerprint density at radius 2 is 1.96 bits per heavy atom. The first-order chi connectivity index (χ1) is 11.3. The minimum Gasteiger partial charge on any atom is -0.461 e. The lowest BCUT2D eigenvalue weighted by molar-refractivity contribution is 0.0248. The highest BCUT2D eigenvalue weighted by molar-refractivity contribution is 7.09. The number of ether oxygens (including phenoxy) is 2. The Kier molecular flexibility index (Phi) is 8.18. The van der Waals surface area contributed by atoms with Crippen molar-refractivity contribution in [1.82, 2.24) is 9.88 Å². The monoisotopic (exact) mass is 356 g/mol. The Morgan fingerprint density at radius 1 is 1.25 bits per heavy atom. The molecule has 0 aromatic carbocycles. The number of hydrogen-bond acceptors (Lipinski definition) is 6. The maximum absolute atomic E-state index is 12.2. The summed E-state index contributed by atoms with van der Waals surface area (Å²) >= 11 is 1.44. The summed E-state index contributed by atoms with van der Waals surface area (Å²) in [6.07, 6.45) is 2.08. The predicted molar refractivity (Wildman–Crippen MR) is 94.5 cm³/mol. The van der Waals surface area contributed by atoms with Crippen LogP contribution in [-0.2, 0) is 15.9 Å². The number of amides is 1. The van der Waals surface area contributed by atoms with Gasteiger partial charge in [-0.1, -0.05) is 6.92 Å². The van der Waals surface area contributed by atoms with Crippen molar-refractivity contribution in [3.63, 3.8) is 0 Å². The van der Waals surface area contributed by atoms with Crippen molar-refractivity contribution in [3.05, 3.63) is 16.1 Å². The summed E-state index contributed by atoms with van der Waals surface area (Å²) in [6.45, 7) is 11.0. The molecule has 0 fully saturated rings. The number of thiazole rings is 1. The van der Waals surface area contributed by atoms with E-state index in [0.717, 1.165) is 17.8 Å². The second kappa shape index (κ2) is 9.61. The van der Waals surface area contributed by atoms with Gasteiger partial charge in [0.05, 0.1) is 11.6 Å². The Morgan fingerprint density at radius 3 is 2.54 bits per heavy atom. The van der Waals surface area contributed by atoms with Crippen LogP contribution in [0, 0.1) is 0 Å². The summed E-state index contributed by atoms with van der Waals surface area (Å²) in [6, 6.07) is 0. The molecule has 7 heteroatoms. The topological polar surface area (TPSA) is 68.7 Å². The fourth-order valence-corrected chi connectivity index (χ4v) is 2.85. The third-order valence-electron chi connectivity index (χ3n) is 3.00. The molecular weight excluding hydrogens is 328 g/mol. The summed E-state index contributed by atoms with van der Waals surface area (Å²) in [5.41, 5.74) is -0.137. The van der Waals surface area contributed by atoms with E-state index >= 15 is 0 Å². The number of carbonyl (C=O) groups excluding carboxylic acids is 2. The molecule has 0 N–H and O–H groups in total. The summed E-state index contributed by atoms with van der Waals surface area (Å²) in [5.74, 6) is -0.388. The van der Waals surface area contributed by atoms with E-state index < -0.39 is 5.60 Å². The van der Waals surface area contributed by atoms with Crippen molar-refractivity contribution in [2.24, 2.45) is 0 Å². The second-order valence-corrected chi connectivity index (χ2v) is 7.36. The first-order valence-corrected chi connectivity index (χ1v) is 9.24. The van der Waals surface area contributed by atoms with Crippen molar-refractivity contribution in [2.45, 2.75) is 59.5 Å². The van der Waals surface area contributed by atoms with E-state index in [-0.39, 0.29) is 12.1 Å². The van der Waals surface area contributed by atoms with Gasteiger partial charge in [-0.25, -0.2) is 14.6 Å². The van der Waals surface area contributed by atoms with E-state index in [1.807, 2.05) is 27.7 Å². The molecule has 0 radical (unpaired) electrons. The fourth-order valence-electron chi connectivity index (χ4n) is 2.04. The molecule has 0 bridgehead atoms. The van der Waals surface area contributed by atoms with Gasteiger partial charge in [0.1, 0.15) is 5.60 Å². The number of aromatic nitrogens is 1. The second-order valence-electron chi connectivity index (χ2n) is 6.42. The third-order valence-corrected chi connectivity index (χ3v) is 3.91. The number of nitrogens with zero attached hydrogens (tertiary/aromatic N) is 2. The number of rotatable bonds is 8. The largest absolute Gasteiger partial charge is 0.461 e. The maximum Gasteiger partial charge on any atom is 0.410 e. The van der Waals surface area contributed by atoms with Crippen LogP contribution >= 0.6 is 11.3 Å². The lowest BCUT2D eigenvalue weighted by Crippen LogP contribution is -2.38. The fraction of sp³-hybridized carbons (Fsp3) is 0.706. The highest BCUT2D eigenvalue weighted by Crippen LogP contribution is 2.14. The Hall–Kier alpha value is -1.63. The highest BCUT2D eigenvalue weighted by Gasteiger charge is 2.21. The standard InChI is InChI=1S/C17H28N2O4S/c1-6-10-19(16(21)23-17(3,4)5)11-8-9-14-18-13(12-24-14)15(20)22-7-2/h12H,6-11H2,1-5H3. The van der Waals surface area contributed by atoms with Crippen LogP contribution in [0.2, 0.25) is 0 Å². The van der Waals surface area contributed by atoms with E-state index in [0.29, 0.717) is 31.8 Å². The number of hydrogen-bond donors (Lipinski definition) is 0. The Bertz CT molecular complexity index is 537. The van der Waals surface area contributed by atoms with E-state index in [4.69, 9.17) is 9.47 Å². The summed E-state index contributed by atoms with van der Waals surface area (Å²) in [5, 5.41) is 2.59. The van der Waals surface area contributed by atoms with Gasteiger partial charge in [0.15, 0.2) is 5.69 Å². The molecule has 1 heterocycles. The molecule has 1 amide bonds. The van der Waals surface area contributed by atoms with Gasteiger partial charge in [-0.05, 0) is 40.5 Å². The van der Waals surface area contributed by atoms with Gasteiger partial charge in [-0.2, -0.15) is 0 Å². The van der Waals surface area contributed by atoms with Gasteiger partial charge >= 0.3 is 12.1 Å². The molecule has 1 rings (SSSR count). The van der Waals surface area contributed by atoms with Crippen LogP contribution in [0.15, 0.2) is 5.38 Å². The smallest absolute Gasteiger partial charge is 0.410 e. The zero-order valence-electron chi connectivity index (χ0n) is 15.3. The SMILES string of the molecule is CCCN(CCCc1nc(C(=O)OCC)cs1)C(=O)OC(C)(C)C. The van der Waals surface area contributed by atoms with Crippen molar-refractivity contribution in [2.75, 3.05) is 19.7 Å². The van der Waals surface area contributed by atoms with Crippen LogP contribution in [0.3, 0.4) is 0 Å². The summed E-state index contributed by atoms with van der Waals surface area (Å²) in [4.78, 5) is 29.8. The highest BCUT2D eigenvalue weighted by atomic mass is 32.1. The van der Waals surface area contributed by atoms with E-state index in [2.05, 4.69) is 4.98 Å². The van der Waals surface area contributed by atoms with Crippen LogP contribution < -0.4 is 0 Å². The maximum atomic E-state index is 12.2. The number of carbonyl (C=O) groups is 2. The molecule has 0 aliphatic carbocycles. The molecule has 24 heavy (non-hydrogen) atoms. The molecule has 0 aliphatic heterocycles. The Balaban J connectivity index is 2.50. The molecule has 1 aromatic heterocycles. The predicted octanol–water partition coefficient (Wildman–Crippen LogP) is 3.90. The van der Waals surface area contributed by atoms with Crippen molar-refractivity contribution >= 4 is 23.4 Å². The molecule has 0 saturated carbocycles. The average molecular weight is 356 g/mol. The minimum atomic E-state index is -0.493. The van der Waals surface area contributed by atoms with Crippen molar-refractivity contribution < 1.29 is 19.1 Å². The van der Waals surface area contributed by atoms with Crippen LogP contribution in [0.1, 0.15) is 63.0 Å². The minimum absolute atomic E-state index is 0.282. The van der Waals surface area contributed by atoms with Gasteiger partial charge < -0.3 is 14.4 Å². The molecule has 136 valence electrons. The van der Waals surface area contributed by atoms with Crippen molar-refractivity contribution in [1.29, 1.82) is 0 Å². The van der Waals surface area contributed by atoms with Gasteiger partial charge in [-0.3, -0.25) is 0 Å². The van der Waals surface area contributed by atoms with E-state index in [9.17, 15) is 9.59 Å². The van der Waals surface area contributed by atoms with Crippen LogP contribution in [0.4, 0.5) is 4.79 Å². The normalized spacial score (nSPS) is 11.2. The third kappa shape index (κ3) is 7.29. The molecule has 6 nitrogen and oxygen atoms in total. The lowest BCUT2D eigenvalue weighted by atomic mass is 10.2. The van der Waals surface area contributed by atoms with Crippen LogP contribution in [-0.4, -0.2) is 47.2 Å². The number of esters is 1. The molecule has 0 unspecified atom stereocenters. The quantitative estimate of drug-likeness (QED) is 0.661. The first kappa shape index (κ1) is 20.4. The molecule has 1 aromatic rings. The zero-order chi connectivity index (χ0) is 18.2. The first-order valence-electron chi connectivity index (χ1n) is 8.36. The molecule has 0 atom stereocenters. The van der Waals surface area contributed by atoms with Crippen LogP contribution in [0.25, 0.3) is 0 Å². The number of aryl methyl sites for hydroxylation is 1. The molecule has 0 aliphatic rings. The summed E-state index contributed by atoms with van der Waals surface area (Å²) < 4.78 is 10.4. The van der Waals surface area contributed by atoms with Crippen LogP contribution in [0.5, 0.6) is 0 Å². The summed E-state index contributed by atoms with van der Waals surface area (Å²) in [7, 11) is 0. The van der Waals surface area contributed by atoms with E-state index in [1.54, 1.807) is 17.2 Å².